The maximum Gasteiger partial charge on any atom is 0.410 e. The molecule has 0 bridgehead atoms. The van der Waals surface area contributed by atoms with E-state index in [1.165, 1.54) is 0 Å². The van der Waals surface area contributed by atoms with Crippen LogP contribution in [0.3, 0.4) is 0 Å². The first-order valence-electron chi connectivity index (χ1n) is 15.9. The summed E-state index contributed by atoms with van der Waals surface area (Å²) in [6.07, 6.45) is 6.43. The number of carbonyl (C=O) groups is 2. The molecule has 9 nitrogen and oxygen atoms in total. The van der Waals surface area contributed by atoms with Crippen molar-refractivity contribution in [1.29, 1.82) is 0 Å². The number of pyridine rings is 1. The zero-order valence-corrected chi connectivity index (χ0v) is 30.3. The highest BCUT2D eigenvalue weighted by Gasteiger charge is 2.47. The summed E-state index contributed by atoms with van der Waals surface area (Å²) >= 11 is 6.17. The third-order valence-corrected chi connectivity index (χ3v) is 13.6. The Kier molecular flexibility index (Phi) is 11.0. The number of halogens is 1. The predicted molar refractivity (Wildman–Crippen MR) is 183 cm³/mol. The molecule has 0 N–H and O–H groups in total. The average molecular weight is 666 g/mol. The number of nitrogens with zero attached hydrogens (tertiary/aromatic N) is 5. The van der Waals surface area contributed by atoms with Crippen molar-refractivity contribution in [3.8, 4) is 0 Å². The second-order valence-electron chi connectivity index (χ2n) is 14.7. The van der Waals surface area contributed by atoms with Crippen molar-refractivity contribution < 1.29 is 18.8 Å². The molecule has 1 saturated heterocycles. The van der Waals surface area contributed by atoms with Gasteiger partial charge in [-0.3, -0.25) is 9.69 Å². The normalized spacial score (nSPS) is 17.9. The number of carbonyl (C=O) groups excluding carboxylic acids is 2. The van der Waals surface area contributed by atoms with Crippen LogP contribution in [0.15, 0.2) is 61.1 Å². The van der Waals surface area contributed by atoms with Gasteiger partial charge >= 0.3 is 6.09 Å². The summed E-state index contributed by atoms with van der Waals surface area (Å²) in [6.45, 7) is 17.2. The van der Waals surface area contributed by atoms with Gasteiger partial charge < -0.3 is 14.1 Å². The Morgan fingerprint density at radius 2 is 1.67 bits per heavy atom. The van der Waals surface area contributed by atoms with E-state index in [2.05, 4.69) is 49.0 Å². The quantitative estimate of drug-likeness (QED) is 0.169. The van der Waals surface area contributed by atoms with Gasteiger partial charge in [0, 0.05) is 43.2 Å². The van der Waals surface area contributed by atoms with Gasteiger partial charge in [0.05, 0.1) is 18.3 Å². The Morgan fingerprint density at radius 1 is 0.978 bits per heavy atom. The molecular formula is C35H48ClN5O4Si. The van der Waals surface area contributed by atoms with E-state index < -0.39 is 20.0 Å². The van der Waals surface area contributed by atoms with Gasteiger partial charge in [-0.15, -0.1) is 0 Å². The van der Waals surface area contributed by atoms with Gasteiger partial charge in [-0.25, -0.2) is 9.78 Å². The average Bonchev–Trinajstić information content (AvgIpc) is 3.39. The molecular weight excluding hydrogens is 618 g/mol. The molecule has 2 amide bonds. The topological polar surface area (TPSA) is 97.8 Å². The van der Waals surface area contributed by atoms with Crippen LogP contribution in [0.5, 0.6) is 0 Å². The summed E-state index contributed by atoms with van der Waals surface area (Å²) in [5.41, 5.74) is 2.77. The molecule has 0 radical (unpaired) electrons. The molecule has 0 unspecified atom stereocenters. The van der Waals surface area contributed by atoms with Crippen molar-refractivity contribution in [3.05, 3.63) is 88.5 Å². The van der Waals surface area contributed by atoms with Gasteiger partial charge in [0.1, 0.15) is 10.8 Å². The minimum atomic E-state index is -2.27. The minimum Gasteiger partial charge on any atom is -0.444 e. The van der Waals surface area contributed by atoms with Crippen LogP contribution in [0.1, 0.15) is 87.5 Å². The molecule has 1 aliphatic rings. The first kappa shape index (κ1) is 35.5. The Labute approximate surface area is 279 Å². The molecule has 1 fully saturated rings. The molecule has 3 aromatic rings. The van der Waals surface area contributed by atoms with Gasteiger partial charge in [0.25, 0.3) is 5.91 Å². The maximum absolute atomic E-state index is 14.0. The Bertz CT molecular complexity index is 1470. The molecule has 11 heteroatoms. The fourth-order valence-electron chi connectivity index (χ4n) is 5.46. The van der Waals surface area contributed by atoms with Crippen LogP contribution < -0.4 is 0 Å². The van der Waals surface area contributed by atoms with E-state index in [0.29, 0.717) is 23.7 Å². The molecule has 0 aliphatic carbocycles. The summed E-state index contributed by atoms with van der Waals surface area (Å²) < 4.78 is 13.1. The van der Waals surface area contributed by atoms with Gasteiger partial charge in [0.15, 0.2) is 8.32 Å². The molecule has 248 valence electrons. The fourth-order valence-corrected chi connectivity index (χ4v) is 6.85. The van der Waals surface area contributed by atoms with Gasteiger partial charge in [-0.1, -0.05) is 50.6 Å². The lowest BCUT2D eigenvalue weighted by molar-refractivity contribution is -0.00244. The van der Waals surface area contributed by atoms with Crippen molar-refractivity contribution in [3.63, 3.8) is 0 Å². The summed E-state index contributed by atoms with van der Waals surface area (Å²) in [4.78, 5) is 35.0. The second kappa shape index (κ2) is 14.2. The predicted octanol–water partition coefficient (Wildman–Crippen LogP) is 7.87. The molecule has 2 aromatic heterocycles. The summed E-state index contributed by atoms with van der Waals surface area (Å²) in [5.74, 6) is -0.0816. The van der Waals surface area contributed by atoms with Crippen LogP contribution in [-0.4, -0.2) is 70.0 Å². The van der Waals surface area contributed by atoms with Crippen LogP contribution in [0, 0.1) is 0 Å². The van der Waals surface area contributed by atoms with E-state index in [1.807, 2.05) is 62.1 Å². The molecule has 3 atom stereocenters. The Morgan fingerprint density at radius 3 is 2.24 bits per heavy atom. The largest absolute Gasteiger partial charge is 0.444 e. The highest BCUT2D eigenvalue weighted by Crippen LogP contribution is 2.44. The lowest BCUT2D eigenvalue weighted by Gasteiger charge is -2.43. The zero-order chi connectivity index (χ0) is 33.9. The third-order valence-electron chi connectivity index (χ3n) is 8.89. The van der Waals surface area contributed by atoms with Crippen molar-refractivity contribution >= 4 is 31.9 Å². The fraction of sp³-hybridized carbons (Fsp3) is 0.514. The van der Waals surface area contributed by atoms with Crippen LogP contribution >= 0.6 is 11.6 Å². The zero-order valence-electron chi connectivity index (χ0n) is 28.6. The standard InChI is InChI=1S/C35H48ClN5O4Si/c1-34(2,3)44-33(43)41-28(20-24-10-12-26(13-11-24)32(42)40(7)23-25-18-19-38-39-21-25)15-16-29(41)31(27-14-17-30(36)37-22-27)45-46(8,9)35(4,5)6/h10-14,17-19,21-22,28-29,31H,15-16,20,23H2,1-9H3/t28-,29+,31+/m0/s1. The summed E-state index contributed by atoms with van der Waals surface area (Å²) in [7, 11) is -0.502. The van der Waals surface area contributed by atoms with E-state index in [1.54, 1.807) is 36.6 Å². The lowest BCUT2D eigenvalue weighted by atomic mass is 10.0. The molecule has 4 rings (SSSR count). The maximum atomic E-state index is 14.0. The summed E-state index contributed by atoms with van der Waals surface area (Å²) in [5, 5.41) is 8.06. The van der Waals surface area contributed by atoms with Crippen molar-refractivity contribution in [1.82, 2.24) is 25.0 Å². The number of ether oxygens (including phenoxy) is 1. The molecule has 0 spiro atoms. The van der Waals surface area contributed by atoms with Crippen LogP contribution in [0.25, 0.3) is 0 Å². The third kappa shape index (κ3) is 8.92. The number of benzene rings is 1. The van der Waals surface area contributed by atoms with E-state index in [9.17, 15) is 9.59 Å². The SMILES string of the molecule is CN(Cc1ccnnc1)C(=O)c1ccc(C[C@@H]2CC[C@H]([C@H](O[Si](C)(C)C(C)(C)C)c3ccc(Cl)nc3)N2C(=O)OC(C)(C)C)cc1. The summed E-state index contributed by atoms with van der Waals surface area (Å²) in [6, 6.07) is 12.9. The first-order chi connectivity index (χ1) is 21.4. The number of hydrogen-bond acceptors (Lipinski definition) is 7. The molecule has 0 saturated carbocycles. The van der Waals surface area contributed by atoms with E-state index in [-0.39, 0.29) is 29.1 Å². The molecule has 46 heavy (non-hydrogen) atoms. The molecule has 1 aliphatic heterocycles. The van der Waals surface area contributed by atoms with Crippen molar-refractivity contribution in [2.75, 3.05) is 7.05 Å². The van der Waals surface area contributed by atoms with Crippen molar-refractivity contribution in [2.24, 2.45) is 0 Å². The smallest absolute Gasteiger partial charge is 0.410 e. The monoisotopic (exact) mass is 665 g/mol. The Balaban J connectivity index is 1.60. The van der Waals surface area contributed by atoms with Crippen LogP contribution in [0.4, 0.5) is 4.79 Å². The van der Waals surface area contributed by atoms with E-state index in [0.717, 1.165) is 29.5 Å². The van der Waals surface area contributed by atoms with Gasteiger partial charge in [-0.05, 0) is 93.6 Å². The molecule has 3 heterocycles. The van der Waals surface area contributed by atoms with Crippen LogP contribution in [-0.2, 0) is 22.1 Å². The van der Waals surface area contributed by atoms with Gasteiger partial charge in [-0.2, -0.15) is 10.2 Å². The number of aromatic nitrogens is 3. The second-order valence-corrected chi connectivity index (χ2v) is 19.9. The van der Waals surface area contributed by atoms with Gasteiger partial charge in [0.2, 0.25) is 0 Å². The van der Waals surface area contributed by atoms with E-state index >= 15 is 0 Å². The number of amides is 2. The number of rotatable bonds is 9. The highest BCUT2D eigenvalue weighted by molar-refractivity contribution is 6.74. The highest BCUT2D eigenvalue weighted by atomic mass is 35.5. The van der Waals surface area contributed by atoms with E-state index in [4.69, 9.17) is 20.8 Å². The van der Waals surface area contributed by atoms with Crippen molar-refractivity contribution in [2.45, 2.75) is 109 Å². The van der Waals surface area contributed by atoms with Crippen LogP contribution in [0.2, 0.25) is 23.3 Å². The minimum absolute atomic E-state index is 0.0394. The number of likely N-dealkylation sites (tertiary alicyclic amines) is 1. The lowest BCUT2D eigenvalue weighted by Crippen LogP contribution is -2.50. The first-order valence-corrected chi connectivity index (χ1v) is 19.1. The Hall–Kier alpha value is -3.34. The number of hydrogen-bond donors (Lipinski definition) is 0. The molecule has 1 aromatic carbocycles.